The van der Waals surface area contributed by atoms with Gasteiger partial charge in [-0.3, -0.25) is 9.59 Å². The maximum absolute atomic E-state index is 13.3. The maximum Gasteiger partial charge on any atom is 0.417 e. The van der Waals surface area contributed by atoms with Gasteiger partial charge in [0.2, 0.25) is 5.88 Å². The number of rotatable bonds is 8. The fourth-order valence-electron chi connectivity index (χ4n) is 4.21. The van der Waals surface area contributed by atoms with Crippen molar-refractivity contribution in [2.24, 2.45) is 0 Å². The molecule has 0 unspecified atom stereocenters. The highest BCUT2D eigenvalue weighted by atomic mass is 19.4. The number of ether oxygens (including phenoxy) is 1. The lowest BCUT2D eigenvalue weighted by atomic mass is 10.1. The predicted octanol–water partition coefficient (Wildman–Crippen LogP) is 4.43. The second kappa shape index (κ2) is 11.5. The highest BCUT2D eigenvalue weighted by Crippen LogP contribution is 2.29. The average molecular weight is 527 g/mol. The van der Waals surface area contributed by atoms with E-state index in [1.54, 1.807) is 29.2 Å². The zero-order valence-corrected chi connectivity index (χ0v) is 21.2. The molecule has 0 spiro atoms. The predicted molar refractivity (Wildman–Crippen MR) is 137 cm³/mol. The van der Waals surface area contributed by atoms with E-state index in [1.165, 1.54) is 6.07 Å². The van der Waals surface area contributed by atoms with Crippen LogP contribution in [0, 0.1) is 0 Å². The molecule has 4 rings (SSSR count). The molecular formula is C28H29F3N4O3. The molecule has 2 heterocycles. The maximum atomic E-state index is 13.3. The topological polar surface area (TPSA) is 74.8 Å². The number of likely N-dealkylation sites (tertiary alicyclic amines) is 1. The largest absolute Gasteiger partial charge is 0.472 e. The van der Waals surface area contributed by atoms with E-state index in [-0.39, 0.29) is 35.4 Å². The summed E-state index contributed by atoms with van der Waals surface area (Å²) in [6.45, 7) is 1.05. The summed E-state index contributed by atoms with van der Waals surface area (Å²) >= 11 is 0. The SMILES string of the molecule is CN(C)c1ccc(CCNC(=O)c2ccccc2C(=O)N2CC[C@@H](Oc3ccc(C(F)(F)F)cn3)C2)cc1. The molecule has 7 nitrogen and oxygen atoms in total. The van der Waals surface area contributed by atoms with Crippen molar-refractivity contribution in [1.29, 1.82) is 0 Å². The highest BCUT2D eigenvalue weighted by Gasteiger charge is 2.32. The lowest BCUT2D eigenvalue weighted by molar-refractivity contribution is -0.137. The molecule has 1 N–H and O–H groups in total. The van der Waals surface area contributed by atoms with Gasteiger partial charge in [-0.2, -0.15) is 13.2 Å². The summed E-state index contributed by atoms with van der Waals surface area (Å²) in [5.41, 5.74) is 1.90. The zero-order valence-electron chi connectivity index (χ0n) is 21.2. The summed E-state index contributed by atoms with van der Waals surface area (Å²) in [5.74, 6) is -0.574. The number of alkyl halides is 3. The summed E-state index contributed by atoms with van der Waals surface area (Å²) in [6.07, 6.45) is -3.02. The number of aromatic nitrogens is 1. The first-order chi connectivity index (χ1) is 18.1. The van der Waals surface area contributed by atoms with Gasteiger partial charge in [-0.15, -0.1) is 0 Å². The third-order valence-electron chi connectivity index (χ3n) is 6.34. The lowest BCUT2D eigenvalue weighted by Gasteiger charge is -2.19. The van der Waals surface area contributed by atoms with Gasteiger partial charge in [0.05, 0.1) is 23.2 Å². The average Bonchev–Trinajstić information content (AvgIpc) is 3.36. The van der Waals surface area contributed by atoms with E-state index in [9.17, 15) is 22.8 Å². The van der Waals surface area contributed by atoms with E-state index in [1.807, 2.05) is 43.3 Å². The molecule has 1 aromatic heterocycles. The number of amides is 2. The minimum absolute atomic E-state index is 0.0634. The van der Waals surface area contributed by atoms with E-state index in [0.29, 0.717) is 25.9 Å². The first-order valence-electron chi connectivity index (χ1n) is 12.2. The van der Waals surface area contributed by atoms with Gasteiger partial charge in [-0.1, -0.05) is 24.3 Å². The van der Waals surface area contributed by atoms with Crippen molar-refractivity contribution >= 4 is 17.5 Å². The molecule has 1 aliphatic rings. The third-order valence-corrected chi connectivity index (χ3v) is 6.34. The smallest absolute Gasteiger partial charge is 0.417 e. The van der Waals surface area contributed by atoms with Crippen molar-refractivity contribution in [2.45, 2.75) is 25.1 Å². The number of carbonyl (C=O) groups excluding carboxylic acids is 2. The molecule has 0 aliphatic carbocycles. The molecule has 3 aromatic rings. The molecule has 0 saturated carbocycles. The molecule has 0 bridgehead atoms. The second-order valence-corrected chi connectivity index (χ2v) is 9.27. The molecule has 10 heteroatoms. The van der Waals surface area contributed by atoms with Gasteiger partial charge in [0.1, 0.15) is 6.10 Å². The molecule has 1 saturated heterocycles. The van der Waals surface area contributed by atoms with E-state index in [4.69, 9.17) is 4.74 Å². The van der Waals surface area contributed by atoms with Crippen LogP contribution in [0.5, 0.6) is 5.88 Å². The number of carbonyl (C=O) groups is 2. The molecule has 1 fully saturated rings. The number of halogens is 3. The third kappa shape index (κ3) is 6.62. The summed E-state index contributed by atoms with van der Waals surface area (Å²) in [4.78, 5) is 33.5. The molecule has 38 heavy (non-hydrogen) atoms. The normalized spacial score (nSPS) is 15.3. The summed E-state index contributed by atoms with van der Waals surface area (Å²) < 4.78 is 43.9. The zero-order chi connectivity index (χ0) is 27.3. The van der Waals surface area contributed by atoms with Gasteiger partial charge in [-0.25, -0.2) is 4.98 Å². The van der Waals surface area contributed by atoms with Crippen LogP contribution < -0.4 is 15.0 Å². The van der Waals surface area contributed by atoms with Crippen LogP contribution in [0.3, 0.4) is 0 Å². The molecule has 200 valence electrons. The molecule has 0 radical (unpaired) electrons. The monoisotopic (exact) mass is 526 g/mol. The van der Waals surface area contributed by atoms with Crippen LogP contribution in [0.1, 0.15) is 38.3 Å². The quantitative estimate of drug-likeness (QED) is 0.470. The van der Waals surface area contributed by atoms with E-state index in [2.05, 4.69) is 10.3 Å². The summed E-state index contributed by atoms with van der Waals surface area (Å²) in [7, 11) is 3.94. The number of pyridine rings is 1. The first kappa shape index (κ1) is 27.0. The highest BCUT2D eigenvalue weighted by molar-refractivity contribution is 6.07. The van der Waals surface area contributed by atoms with Crippen molar-refractivity contribution in [1.82, 2.24) is 15.2 Å². The number of anilines is 1. The molecule has 2 amide bonds. The standard InChI is InChI=1S/C28H29F3N4O3/c1-34(2)21-10-7-19(8-11-21)13-15-32-26(36)23-5-3-4-6-24(23)27(37)35-16-14-22(18-35)38-25-12-9-20(17-33-25)28(29,30)31/h3-12,17,22H,13-16,18H2,1-2H3,(H,32,36)/t22-/m1/s1. The number of hydrogen-bond acceptors (Lipinski definition) is 5. The van der Waals surface area contributed by atoms with E-state index >= 15 is 0 Å². The number of nitrogens with zero attached hydrogens (tertiary/aromatic N) is 3. The van der Waals surface area contributed by atoms with Crippen LogP contribution >= 0.6 is 0 Å². The van der Waals surface area contributed by atoms with Crippen LogP contribution in [-0.4, -0.2) is 61.5 Å². The van der Waals surface area contributed by atoms with Crippen LogP contribution in [0.4, 0.5) is 18.9 Å². The minimum Gasteiger partial charge on any atom is -0.472 e. The van der Waals surface area contributed by atoms with Gasteiger partial charge in [-0.05, 0) is 42.3 Å². The van der Waals surface area contributed by atoms with Gasteiger partial charge in [0.25, 0.3) is 11.8 Å². The number of nitrogens with one attached hydrogen (secondary N) is 1. The Labute approximate surface area is 219 Å². The molecule has 2 aromatic carbocycles. The van der Waals surface area contributed by atoms with Crippen molar-refractivity contribution in [2.75, 3.05) is 38.6 Å². The summed E-state index contributed by atoms with van der Waals surface area (Å²) in [6, 6.07) is 16.8. The fourth-order valence-corrected chi connectivity index (χ4v) is 4.21. The Bertz CT molecular complexity index is 1260. The van der Waals surface area contributed by atoms with Crippen molar-refractivity contribution in [3.8, 4) is 5.88 Å². The number of benzene rings is 2. The van der Waals surface area contributed by atoms with Crippen molar-refractivity contribution < 1.29 is 27.5 Å². The molecule has 1 aliphatic heterocycles. The van der Waals surface area contributed by atoms with Crippen molar-refractivity contribution in [3.63, 3.8) is 0 Å². The van der Waals surface area contributed by atoms with Crippen LogP contribution in [-0.2, 0) is 12.6 Å². The lowest BCUT2D eigenvalue weighted by Crippen LogP contribution is -2.34. The minimum atomic E-state index is -4.47. The van der Waals surface area contributed by atoms with Crippen molar-refractivity contribution in [3.05, 3.63) is 89.1 Å². The Balaban J connectivity index is 1.33. The van der Waals surface area contributed by atoms with E-state index < -0.39 is 17.8 Å². The Morgan fingerprint density at radius 3 is 2.39 bits per heavy atom. The Morgan fingerprint density at radius 2 is 1.76 bits per heavy atom. The molecule has 1 atom stereocenters. The van der Waals surface area contributed by atoms with Gasteiger partial charge >= 0.3 is 6.18 Å². The van der Waals surface area contributed by atoms with E-state index in [0.717, 1.165) is 23.5 Å². The Morgan fingerprint density at radius 1 is 1.05 bits per heavy atom. The number of hydrogen-bond donors (Lipinski definition) is 1. The van der Waals surface area contributed by atoms with Crippen LogP contribution in [0.2, 0.25) is 0 Å². The Hall–Kier alpha value is -4.08. The Kier molecular flexibility index (Phi) is 8.19. The van der Waals surface area contributed by atoms with Gasteiger partial charge in [0.15, 0.2) is 0 Å². The summed E-state index contributed by atoms with van der Waals surface area (Å²) in [5, 5.41) is 2.89. The first-order valence-corrected chi connectivity index (χ1v) is 12.2. The fraction of sp³-hybridized carbons (Fsp3) is 0.321. The molecular weight excluding hydrogens is 497 g/mol. The second-order valence-electron chi connectivity index (χ2n) is 9.27. The van der Waals surface area contributed by atoms with Gasteiger partial charge in [0, 0.05) is 51.6 Å². The van der Waals surface area contributed by atoms with Crippen LogP contribution in [0.25, 0.3) is 0 Å². The van der Waals surface area contributed by atoms with Crippen LogP contribution in [0.15, 0.2) is 66.9 Å². The van der Waals surface area contributed by atoms with Gasteiger partial charge < -0.3 is 19.9 Å².